The smallest absolute Gasteiger partial charge is 0.0573 e. The van der Waals surface area contributed by atoms with Crippen molar-refractivity contribution in [2.45, 2.75) is 52.4 Å². The van der Waals surface area contributed by atoms with E-state index in [4.69, 9.17) is 0 Å². The van der Waals surface area contributed by atoms with Crippen molar-refractivity contribution in [2.24, 2.45) is 5.92 Å². The Morgan fingerprint density at radius 3 is 2.90 bits per heavy atom. The van der Waals surface area contributed by atoms with E-state index in [1.165, 1.54) is 50.9 Å². The molecule has 1 unspecified atom stereocenters. The van der Waals surface area contributed by atoms with Crippen LogP contribution < -0.4 is 10.2 Å². The highest BCUT2D eigenvalue weighted by atomic mass is 15.1. The predicted octanol–water partition coefficient (Wildman–Crippen LogP) is 4.31. The average molecular weight is 275 g/mol. The molecule has 1 fully saturated rings. The highest BCUT2D eigenvalue weighted by Gasteiger charge is 2.17. The van der Waals surface area contributed by atoms with Crippen LogP contribution in [0, 0.1) is 5.92 Å². The molecule has 3 nitrogen and oxygen atoms in total. The van der Waals surface area contributed by atoms with E-state index in [1.807, 2.05) is 12.4 Å². The van der Waals surface area contributed by atoms with Crippen LogP contribution in [0.2, 0.25) is 0 Å². The zero-order valence-electron chi connectivity index (χ0n) is 13.1. The minimum atomic E-state index is 0.930. The van der Waals surface area contributed by atoms with Crippen LogP contribution >= 0.6 is 0 Å². The molecule has 1 atom stereocenters. The van der Waals surface area contributed by atoms with Gasteiger partial charge in [0.15, 0.2) is 0 Å². The third kappa shape index (κ3) is 4.39. The first-order valence-electron chi connectivity index (χ1n) is 8.27. The van der Waals surface area contributed by atoms with E-state index in [2.05, 4.69) is 35.1 Å². The lowest BCUT2D eigenvalue weighted by molar-refractivity contribution is 0.435. The average Bonchev–Trinajstić information content (AvgIpc) is 2.72. The normalized spacial score (nSPS) is 19.7. The van der Waals surface area contributed by atoms with Gasteiger partial charge in [0.1, 0.15) is 0 Å². The number of nitrogens with one attached hydrogen (secondary N) is 1. The van der Waals surface area contributed by atoms with Gasteiger partial charge in [-0.3, -0.25) is 4.98 Å². The molecule has 0 radical (unpaired) electrons. The van der Waals surface area contributed by atoms with Crippen LogP contribution in [0.25, 0.3) is 0 Å². The Kier molecular flexibility index (Phi) is 6.16. The Balaban J connectivity index is 1.96. The van der Waals surface area contributed by atoms with Gasteiger partial charge in [0.05, 0.1) is 23.8 Å². The van der Waals surface area contributed by atoms with Gasteiger partial charge >= 0.3 is 0 Å². The summed E-state index contributed by atoms with van der Waals surface area (Å²) in [7, 11) is 0. The lowest BCUT2D eigenvalue weighted by Crippen LogP contribution is -2.24. The zero-order valence-corrected chi connectivity index (χ0v) is 13.1. The number of hydrogen-bond acceptors (Lipinski definition) is 3. The van der Waals surface area contributed by atoms with E-state index in [9.17, 15) is 0 Å². The second kappa shape index (κ2) is 8.13. The number of anilines is 2. The molecule has 112 valence electrons. The van der Waals surface area contributed by atoms with Crippen molar-refractivity contribution >= 4 is 11.4 Å². The molecule has 2 rings (SSSR count). The molecule has 0 spiro atoms. The second-order valence-electron chi connectivity index (χ2n) is 5.93. The molecule has 1 aromatic rings. The summed E-state index contributed by atoms with van der Waals surface area (Å²) in [5.74, 6) is 0.930. The highest BCUT2D eigenvalue weighted by Crippen LogP contribution is 2.26. The minimum absolute atomic E-state index is 0.930. The van der Waals surface area contributed by atoms with Crippen LogP contribution in [-0.2, 0) is 0 Å². The van der Waals surface area contributed by atoms with Crippen LogP contribution in [0.1, 0.15) is 52.4 Å². The monoisotopic (exact) mass is 275 g/mol. The number of pyridine rings is 1. The Hall–Kier alpha value is -1.25. The maximum absolute atomic E-state index is 4.39. The van der Waals surface area contributed by atoms with Gasteiger partial charge in [-0.15, -0.1) is 0 Å². The van der Waals surface area contributed by atoms with Crippen LogP contribution in [0.15, 0.2) is 18.5 Å². The topological polar surface area (TPSA) is 28.2 Å². The predicted molar refractivity (Wildman–Crippen MR) is 87.5 cm³/mol. The molecule has 1 aliphatic rings. The summed E-state index contributed by atoms with van der Waals surface area (Å²) < 4.78 is 0. The van der Waals surface area contributed by atoms with Crippen molar-refractivity contribution in [3.8, 4) is 0 Å². The number of nitrogens with zero attached hydrogens (tertiary/aromatic N) is 2. The van der Waals surface area contributed by atoms with Crippen molar-refractivity contribution in [2.75, 3.05) is 29.9 Å². The SMILES string of the molecule is CCCNc1cncc(N2CCCC(CCC)CC2)c1. The third-order valence-electron chi connectivity index (χ3n) is 4.21. The Bertz CT molecular complexity index is 392. The van der Waals surface area contributed by atoms with Crippen molar-refractivity contribution in [1.29, 1.82) is 0 Å². The van der Waals surface area contributed by atoms with E-state index in [0.717, 1.165) is 24.6 Å². The zero-order chi connectivity index (χ0) is 14.2. The van der Waals surface area contributed by atoms with Gasteiger partial charge < -0.3 is 10.2 Å². The Morgan fingerprint density at radius 2 is 2.10 bits per heavy atom. The quantitative estimate of drug-likeness (QED) is 0.838. The molecular weight excluding hydrogens is 246 g/mol. The van der Waals surface area contributed by atoms with Crippen LogP contribution in [0.5, 0.6) is 0 Å². The standard InChI is InChI=1S/C17H29N3/c1-3-6-15-7-5-10-20(11-8-15)17-12-16(13-18-14-17)19-9-4-2/h12-15,19H,3-11H2,1-2H3. The fraction of sp³-hybridized carbons (Fsp3) is 0.706. The van der Waals surface area contributed by atoms with Gasteiger partial charge in [-0.2, -0.15) is 0 Å². The van der Waals surface area contributed by atoms with Gasteiger partial charge in [0.25, 0.3) is 0 Å². The van der Waals surface area contributed by atoms with E-state index in [1.54, 1.807) is 0 Å². The molecule has 0 aromatic carbocycles. The number of aromatic nitrogens is 1. The second-order valence-corrected chi connectivity index (χ2v) is 5.93. The van der Waals surface area contributed by atoms with Crippen molar-refractivity contribution in [3.63, 3.8) is 0 Å². The fourth-order valence-corrected chi connectivity index (χ4v) is 3.09. The molecule has 1 saturated heterocycles. The minimum Gasteiger partial charge on any atom is -0.384 e. The van der Waals surface area contributed by atoms with Gasteiger partial charge in [0.2, 0.25) is 0 Å². The molecule has 0 aliphatic carbocycles. The van der Waals surface area contributed by atoms with Crippen LogP contribution in [-0.4, -0.2) is 24.6 Å². The molecule has 0 bridgehead atoms. The first-order valence-corrected chi connectivity index (χ1v) is 8.27. The molecule has 20 heavy (non-hydrogen) atoms. The third-order valence-corrected chi connectivity index (χ3v) is 4.21. The molecule has 1 N–H and O–H groups in total. The van der Waals surface area contributed by atoms with Crippen LogP contribution in [0.4, 0.5) is 11.4 Å². The first-order chi connectivity index (χ1) is 9.83. The summed E-state index contributed by atoms with van der Waals surface area (Å²) >= 11 is 0. The molecule has 0 amide bonds. The van der Waals surface area contributed by atoms with E-state index < -0.39 is 0 Å². The summed E-state index contributed by atoms with van der Waals surface area (Å²) in [5.41, 5.74) is 2.43. The maximum Gasteiger partial charge on any atom is 0.0573 e. The summed E-state index contributed by atoms with van der Waals surface area (Å²) in [6.45, 7) is 7.87. The maximum atomic E-state index is 4.39. The first kappa shape index (κ1) is 15.1. The van der Waals surface area contributed by atoms with Crippen molar-refractivity contribution in [3.05, 3.63) is 18.5 Å². The summed E-state index contributed by atoms with van der Waals surface area (Å²) in [6, 6.07) is 2.25. The summed E-state index contributed by atoms with van der Waals surface area (Å²) in [6.07, 6.45) is 11.8. The Labute approximate surface area is 123 Å². The molecule has 0 saturated carbocycles. The van der Waals surface area contributed by atoms with Gasteiger partial charge in [-0.05, 0) is 37.7 Å². The largest absolute Gasteiger partial charge is 0.384 e. The molecule has 3 heteroatoms. The molecule has 1 aliphatic heterocycles. The van der Waals surface area contributed by atoms with Gasteiger partial charge in [-0.1, -0.05) is 26.7 Å². The Morgan fingerprint density at radius 1 is 1.20 bits per heavy atom. The molecule has 2 heterocycles. The number of rotatable bonds is 6. The fourth-order valence-electron chi connectivity index (χ4n) is 3.09. The van der Waals surface area contributed by atoms with E-state index >= 15 is 0 Å². The molecular formula is C17H29N3. The summed E-state index contributed by atoms with van der Waals surface area (Å²) in [5, 5.41) is 3.43. The highest BCUT2D eigenvalue weighted by molar-refractivity contribution is 5.55. The van der Waals surface area contributed by atoms with E-state index in [0.29, 0.717) is 0 Å². The number of hydrogen-bond donors (Lipinski definition) is 1. The van der Waals surface area contributed by atoms with Gasteiger partial charge in [0, 0.05) is 19.6 Å². The molecule has 1 aromatic heterocycles. The lowest BCUT2D eigenvalue weighted by atomic mass is 9.96. The lowest BCUT2D eigenvalue weighted by Gasteiger charge is -2.23. The van der Waals surface area contributed by atoms with Crippen molar-refractivity contribution < 1.29 is 0 Å². The summed E-state index contributed by atoms with van der Waals surface area (Å²) in [4.78, 5) is 6.91. The van der Waals surface area contributed by atoms with Gasteiger partial charge in [-0.25, -0.2) is 0 Å². The van der Waals surface area contributed by atoms with E-state index in [-0.39, 0.29) is 0 Å². The van der Waals surface area contributed by atoms with Crippen LogP contribution in [0.3, 0.4) is 0 Å². The van der Waals surface area contributed by atoms with Crippen molar-refractivity contribution in [1.82, 2.24) is 4.98 Å².